The van der Waals surface area contributed by atoms with Gasteiger partial charge in [0.1, 0.15) is 17.3 Å². The van der Waals surface area contributed by atoms with Crippen LogP contribution in [-0.4, -0.2) is 51.5 Å². The summed E-state index contributed by atoms with van der Waals surface area (Å²) in [6, 6.07) is 16.8. The number of ether oxygens (including phenoxy) is 2. The van der Waals surface area contributed by atoms with E-state index in [9.17, 15) is 0 Å². The molecule has 42 heavy (non-hydrogen) atoms. The van der Waals surface area contributed by atoms with Crippen LogP contribution in [0.15, 0.2) is 59.8 Å². The monoisotopic (exact) mass is 568 g/mol. The maximum Gasteiger partial charge on any atom is 0.146 e. The Hall–Kier alpha value is -4.04. The highest BCUT2D eigenvalue weighted by Crippen LogP contribution is 2.35. The lowest BCUT2D eigenvalue weighted by atomic mass is 10.0. The van der Waals surface area contributed by atoms with Gasteiger partial charge in [0.25, 0.3) is 0 Å². The molecule has 0 aliphatic carbocycles. The van der Waals surface area contributed by atoms with Crippen LogP contribution in [0.5, 0.6) is 11.5 Å². The molecule has 8 nitrogen and oxygen atoms in total. The molecule has 2 aromatic carbocycles. The average molecular weight is 569 g/mol. The number of nitrogens with zero attached hydrogens (tertiary/aromatic N) is 5. The lowest BCUT2D eigenvalue weighted by molar-refractivity contribution is 0.206. The third-order valence-electron chi connectivity index (χ3n) is 8.12. The Morgan fingerprint density at radius 3 is 2.50 bits per heavy atom. The number of imidazole rings is 1. The Balaban J connectivity index is 1.44. The molecular formula is C34H44N6O2. The zero-order chi connectivity index (χ0) is 29.6. The van der Waals surface area contributed by atoms with Crippen LogP contribution in [0.25, 0.3) is 5.69 Å². The minimum Gasteiger partial charge on any atom is -0.494 e. The van der Waals surface area contributed by atoms with Gasteiger partial charge in [-0.25, -0.2) is 4.98 Å². The van der Waals surface area contributed by atoms with Crippen molar-refractivity contribution in [2.24, 2.45) is 5.10 Å². The van der Waals surface area contributed by atoms with E-state index in [1.54, 1.807) is 0 Å². The summed E-state index contributed by atoms with van der Waals surface area (Å²) in [7, 11) is 1.85. The summed E-state index contributed by atoms with van der Waals surface area (Å²) in [6.07, 6.45) is 4.11. The van der Waals surface area contributed by atoms with E-state index in [0.717, 1.165) is 73.4 Å². The Morgan fingerprint density at radius 2 is 1.76 bits per heavy atom. The SMILES string of the molecule is CCOc1ccc(-n2c(C)c(CN3CCn4c(CCc5ccccc5)cnc4C3)c(/C(C)=N\NC)c2C)c(OCC)c1. The maximum atomic E-state index is 6.12. The normalized spacial score (nSPS) is 13.7. The largest absolute Gasteiger partial charge is 0.494 e. The van der Waals surface area contributed by atoms with Gasteiger partial charge < -0.3 is 24.0 Å². The average Bonchev–Trinajstić information content (AvgIpc) is 3.50. The minimum absolute atomic E-state index is 0.579. The number of benzene rings is 2. The number of aryl methyl sites for hydroxylation is 2. The van der Waals surface area contributed by atoms with Crippen LogP contribution in [0.2, 0.25) is 0 Å². The second kappa shape index (κ2) is 13.3. The van der Waals surface area contributed by atoms with E-state index >= 15 is 0 Å². The van der Waals surface area contributed by atoms with Crippen LogP contribution in [0.1, 0.15) is 60.4 Å². The number of hydrogen-bond donors (Lipinski definition) is 1. The summed E-state index contributed by atoms with van der Waals surface area (Å²) >= 11 is 0. The fraction of sp³-hybridized carbons (Fsp3) is 0.412. The Kier molecular flexibility index (Phi) is 9.32. The molecule has 1 aliphatic rings. The molecule has 0 amide bonds. The van der Waals surface area contributed by atoms with Crippen molar-refractivity contribution in [2.45, 2.75) is 67.1 Å². The third-order valence-corrected chi connectivity index (χ3v) is 8.12. The molecule has 222 valence electrons. The van der Waals surface area contributed by atoms with Crippen molar-refractivity contribution in [3.63, 3.8) is 0 Å². The van der Waals surface area contributed by atoms with E-state index in [1.807, 2.05) is 33.0 Å². The summed E-state index contributed by atoms with van der Waals surface area (Å²) in [5, 5.41) is 4.61. The molecule has 0 saturated heterocycles. The Morgan fingerprint density at radius 1 is 0.976 bits per heavy atom. The van der Waals surface area contributed by atoms with Crippen LogP contribution >= 0.6 is 0 Å². The fourth-order valence-corrected chi connectivity index (χ4v) is 6.21. The van der Waals surface area contributed by atoms with Gasteiger partial charge in [0.05, 0.1) is 31.2 Å². The molecule has 4 aromatic rings. The van der Waals surface area contributed by atoms with Crippen LogP contribution in [-0.2, 0) is 32.5 Å². The summed E-state index contributed by atoms with van der Waals surface area (Å²) in [4.78, 5) is 7.36. The van der Waals surface area contributed by atoms with Crippen molar-refractivity contribution in [2.75, 3.05) is 26.8 Å². The molecule has 1 aliphatic heterocycles. The number of hydrogen-bond acceptors (Lipinski definition) is 6. The molecule has 0 unspecified atom stereocenters. The van der Waals surface area contributed by atoms with Gasteiger partial charge in [0.15, 0.2) is 0 Å². The summed E-state index contributed by atoms with van der Waals surface area (Å²) in [6.45, 7) is 15.2. The predicted molar refractivity (Wildman–Crippen MR) is 169 cm³/mol. The predicted octanol–water partition coefficient (Wildman–Crippen LogP) is 5.83. The van der Waals surface area contributed by atoms with Gasteiger partial charge in [0.2, 0.25) is 0 Å². The Bertz CT molecular complexity index is 1540. The smallest absolute Gasteiger partial charge is 0.146 e. The van der Waals surface area contributed by atoms with Crippen molar-refractivity contribution >= 4 is 5.71 Å². The number of aromatic nitrogens is 3. The van der Waals surface area contributed by atoms with Crippen molar-refractivity contribution in [3.8, 4) is 17.2 Å². The molecule has 0 bridgehead atoms. The van der Waals surface area contributed by atoms with E-state index in [1.165, 1.54) is 28.1 Å². The van der Waals surface area contributed by atoms with Crippen LogP contribution in [0.4, 0.5) is 0 Å². The van der Waals surface area contributed by atoms with Crippen molar-refractivity contribution < 1.29 is 9.47 Å². The molecule has 3 heterocycles. The highest BCUT2D eigenvalue weighted by Gasteiger charge is 2.26. The fourth-order valence-electron chi connectivity index (χ4n) is 6.21. The highest BCUT2D eigenvalue weighted by molar-refractivity contribution is 6.01. The van der Waals surface area contributed by atoms with E-state index in [-0.39, 0.29) is 0 Å². The minimum atomic E-state index is 0.579. The van der Waals surface area contributed by atoms with Gasteiger partial charge in [-0.1, -0.05) is 30.3 Å². The molecule has 8 heteroatoms. The topological polar surface area (TPSA) is 68.8 Å². The van der Waals surface area contributed by atoms with E-state index in [0.29, 0.717) is 13.2 Å². The standard InChI is InChI=1S/C34H44N6O2/c1-7-41-29-16-17-31(32(20-29)42-8-2)40-25(4)30(34(26(40)5)24(3)37-35-6)22-38-18-19-39-28(21-36-33(39)23-38)15-14-27-12-10-9-11-13-27/h9-13,16-17,20-21,35H,7-8,14-15,18-19,22-23H2,1-6H3/b37-24-. The molecule has 0 radical (unpaired) electrons. The molecule has 0 atom stereocenters. The second-order valence-corrected chi connectivity index (χ2v) is 10.8. The third kappa shape index (κ3) is 6.09. The number of nitrogens with one attached hydrogen (secondary N) is 1. The summed E-state index contributed by atoms with van der Waals surface area (Å²) < 4.78 is 16.6. The van der Waals surface area contributed by atoms with E-state index in [4.69, 9.17) is 14.5 Å². The van der Waals surface area contributed by atoms with Crippen molar-refractivity contribution in [3.05, 3.63) is 94.3 Å². The van der Waals surface area contributed by atoms with Gasteiger partial charge >= 0.3 is 0 Å². The molecule has 0 saturated carbocycles. The first-order valence-electron chi connectivity index (χ1n) is 15.1. The van der Waals surface area contributed by atoms with Gasteiger partial charge in [-0.3, -0.25) is 4.90 Å². The van der Waals surface area contributed by atoms with Gasteiger partial charge in [-0.15, -0.1) is 0 Å². The highest BCUT2D eigenvalue weighted by atomic mass is 16.5. The maximum absolute atomic E-state index is 6.12. The van der Waals surface area contributed by atoms with Gasteiger partial charge in [0, 0.05) is 61.6 Å². The second-order valence-electron chi connectivity index (χ2n) is 10.8. The summed E-state index contributed by atoms with van der Waals surface area (Å²) in [5.41, 5.74) is 12.5. The van der Waals surface area contributed by atoms with Crippen molar-refractivity contribution in [1.29, 1.82) is 0 Å². The number of fused-ring (bicyclic) bond motifs is 1. The first kappa shape index (κ1) is 29.5. The molecule has 5 rings (SSSR count). The molecule has 0 fully saturated rings. The van der Waals surface area contributed by atoms with Gasteiger partial charge in [-0.2, -0.15) is 5.10 Å². The zero-order valence-electron chi connectivity index (χ0n) is 25.9. The van der Waals surface area contributed by atoms with Crippen molar-refractivity contribution in [1.82, 2.24) is 24.4 Å². The lowest BCUT2D eigenvalue weighted by Crippen LogP contribution is -2.34. The van der Waals surface area contributed by atoms with Crippen LogP contribution in [0.3, 0.4) is 0 Å². The quantitative estimate of drug-likeness (QED) is 0.172. The lowest BCUT2D eigenvalue weighted by Gasteiger charge is -2.29. The molecular weight excluding hydrogens is 524 g/mol. The summed E-state index contributed by atoms with van der Waals surface area (Å²) in [5.74, 6) is 2.77. The molecule has 2 aromatic heterocycles. The first-order chi connectivity index (χ1) is 20.4. The van der Waals surface area contributed by atoms with Crippen LogP contribution in [0, 0.1) is 13.8 Å². The van der Waals surface area contributed by atoms with Crippen LogP contribution < -0.4 is 14.9 Å². The van der Waals surface area contributed by atoms with Gasteiger partial charge in [-0.05, 0) is 70.7 Å². The molecule has 1 N–H and O–H groups in total. The number of rotatable bonds is 12. The zero-order valence-corrected chi connectivity index (χ0v) is 25.9. The first-order valence-corrected chi connectivity index (χ1v) is 15.1. The molecule has 0 spiro atoms. The number of hydrazone groups is 1. The van der Waals surface area contributed by atoms with E-state index < -0.39 is 0 Å². The Labute approximate surface area is 250 Å². The van der Waals surface area contributed by atoms with E-state index in [2.05, 4.69) is 87.9 Å².